The highest BCUT2D eigenvalue weighted by molar-refractivity contribution is 5.92. The van der Waals surface area contributed by atoms with Crippen LogP contribution in [0.1, 0.15) is 16.7 Å². The number of aromatic nitrogens is 1. The van der Waals surface area contributed by atoms with Crippen LogP contribution in [0.4, 0.5) is 13.2 Å². The first kappa shape index (κ1) is 17.4. The Bertz CT molecular complexity index is 1070. The molecule has 0 N–H and O–H groups in total. The van der Waals surface area contributed by atoms with E-state index in [2.05, 4.69) is 22.8 Å². The second-order valence-corrected chi connectivity index (χ2v) is 6.64. The summed E-state index contributed by atoms with van der Waals surface area (Å²) in [6.45, 7) is 0. The lowest BCUT2D eigenvalue weighted by molar-refractivity contribution is -0.137. The van der Waals surface area contributed by atoms with Crippen LogP contribution in [-0.4, -0.2) is 4.57 Å². The summed E-state index contributed by atoms with van der Waals surface area (Å²) in [7, 11) is 1.96. The monoisotopic (exact) mass is 365 g/mol. The topological polar surface area (TPSA) is 4.93 Å². The predicted molar refractivity (Wildman–Crippen MR) is 103 cm³/mol. The van der Waals surface area contributed by atoms with E-state index in [4.69, 9.17) is 0 Å². The molecule has 0 radical (unpaired) electrons. The zero-order valence-electron chi connectivity index (χ0n) is 14.8. The van der Waals surface area contributed by atoms with Gasteiger partial charge < -0.3 is 4.57 Å². The van der Waals surface area contributed by atoms with Crippen LogP contribution in [0, 0.1) is 0 Å². The molecule has 1 nitrogen and oxygen atoms in total. The Morgan fingerprint density at radius 2 is 1.41 bits per heavy atom. The summed E-state index contributed by atoms with van der Waals surface area (Å²) < 4.78 is 40.9. The van der Waals surface area contributed by atoms with Crippen LogP contribution in [0.25, 0.3) is 22.2 Å². The van der Waals surface area contributed by atoms with Crippen molar-refractivity contribution in [2.75, 3.05) is 0 Å². The molecule has 0 atom stereocenters. The van der Waals surface area contributed by atoms with Crippen LogP contribution < -0.4 is 0 Å². The molecule has 0 aliphatic heterocycles. The second-order valence-electron chi connectivity index (χ2n) is 6.64. The number of alkyl halides is 3. The van der Waals surface area contributed by atoms with Crippen molar-refractivity contribution in [3.63, 3.8) is 0 Å². The van der Waals surface area contributed by atoms with Crippen LogP contribution in [0.2, 0.25) is 0 Å². The highest BCUT2D eigenvalue weighted by atomic mass is 19.4. The van der Waals surface area contributed by atoms with Crippen molar-refractivity contribution in [3.8, 4) is 11.3 Å². The normalized spacial score (nSPS) is 11.9. The van der Waals surface area contributed by atoms with E-state index in [1.54, 1.807) is 12.1 Å². The van der Waals surface area contributed by atoms with E-state index >= 15 is 0 Å². The Balaban J connectivity index is 1.89. The van der Waals surface area contributed by atoms with Gasteiger partial charge in [0, 0.05) is 24.4 Å². The number of hydrogen-bond donors (Lipinski definition) is 0. The summed E-state index contributed by atoms with van der Waals surface area (Å²) in [4.78, 5) is 0. The lowest BCUT2D eigenvalue weighted by atomic mass is 9.98. The highest BCUT2D eigenvalue weighted by Gasteiger charge is 2.30. The van der Waals surface area contributed by atoms with E-state index in [1.807, 2.05) is 43.4 Å². The summed E-state index contributed by atoms with van der Waals surface area (Å²) in [5.41, 5.74) is 4.47. The van der Waals surface area contributed by atoms with Gasteiger partial charge in [0.1, 0.15) is 0 Å². The molecule has 4 rings (SSSR count). The Morgan fingerprint density at radius 3 is 2.07 bits per heavy atom. The standard InChI is InChI=1S/C23H18F3N/c1-27-21-10-6-5-9-19(21)20(15-16-7-3-2-4-8-16)22(27)17-11-13-18(14-12-17)23(24,25)26/h2-14H,15H2,1H3. The van der Waals surface area contributed by atoms with Gasteiger partial charge in [0.05, 0.1) is 11.3 Å². The molecule has 1 heterocycles. The Morgan fingerprint density at radius 1 is 0.778 bits per heavy atom. The van der Waals surface area contributed by atoms with Crippen molar-refractivity contribution in [2.45, 2.75) is 12.6 Å². The predicted octanol–water partition coefficient (Wildman–Crippen LogP) is 6.45. The van der Waals surface area contributed by atoms with E-state index in [0.29, 0.717) is 0 Å². The minimum atomic E-state index is -4.33. The summed E-state index contributed by atoms with van der Waals surface area (Å²) in [6, 6.07) is 23.6. The molecule has 3 aromatic carbocycles. The fourth-order valence-corrected chi connectivity index (χ4v) is 3.64. The van der Waals surface area contributed by atoms with E-state index in [1.165, 1.54) is 5.56 Å². The van der Waals surface area contributed by atoms with Gasteiger partial charge in [0.25, 0.3) is 0 Å². The fourth-order valence-electron chi connectivity index (χ4n) is 3.64. The van der Waals surface area contributed by atoms with Gasteiger partial charge >= 0.3 is 6.18 Å². The molecule has 136 valence electrons. The van der Waals surface area contributed by atoms with Gasteiger partial charge in [-0.05, 0) is 34.9 Å². The number of halogens is 3. The van der Waals surface area contributed by atoms with E-state index in [-0.39, 0.29) is 0 Å². The Hall–Kier alpha value is -3.01. The molecule has 4 aromatic rings. The first-order valence-corrected chi connectivity index (χ1v) is 8.73. The van der Waals surface area contributed by atoms with Crippen LogP contribution in [0.3, 0.4) is 0 Å². The number of hydrogen-bond acceptors (Lipinski definition) is 0. The van der Waals surface area contributed by atoms with E-state index < -0.39 is 11.7 Å². The minimum absolute atomic E-state index is 0.630. The Labute approximate surface area is 155 Å². The molecular formula is C23H18F3N. The maximum atomic E-state index is 12.9. The number of nitrogens with zero attached hydrogens (tertiary/aromatic N) is 1. The smallest absolute Gasteiger partial charge is 0.343 e. The average molecular weight is 365 g/mol. The lowest BCUT2D eigenvalue weighted by Crippen LogP contribution is -2.04. The van der Waals surface area contributed by atoms with Gasteiger partial charge in [-0.3, -0.25) is 0 Å². The van der Waals surface area contributed by atoms with Crippen molar-refractivity contribution in [3.05, 3.63) is 95.6 Å². The third-order valence-electron chi connectivity index (χ3n) is 4.92. The molecule has 1 aromatic heterocycles. The number of rotatable bonds is 3. The molecule has 27 heavy (non-hydrogen) atoms. The van der Waals surface area contributed by atoms with Crippen molar-refractivity contribution < 1.29 is 13.2 Å². The van der Waals surface area contributed by atoms with Gasteiger partial charge in [-0.25, -0.2) is 0 Å². The first-order valence-electron chi connectivity index (χ1n) is 8.73. The van der Waals surface area contributed by atoms with Crippen molar-refractivity contribution >= 4 is 10.9 Å². The van der Waals surface area contributed by atoms with Crippen LogP contribution >= 0.6 is 0 Å². The van der Waals surface area contributed by atoms with Crippen molar-refractivity contribution in [1.82, 2.24) is 4.57 Å². The molecule has 0 saturated carbocycles. The molecule has 0 bridgehead atoms. The van der Waals surface area contributed by atoms with Gasteiger partial charge in [0.15, 0.2) is 0 Å². The highest BCUT2D eigenvalue weighted by Crippen LogP contribution is 2.36. The average Bonchev–Trinajstić information content (AvgIpc) is 2.94. The summed E-state index contributed by atoms with van der Waals surface area (Å²) >= 11 is 0. The Kier molecular flexibility index (Phi) is 4.27. The molecule has 4 heteroatoms. The van der Waals surface area contributed by atoms with Crippen LogP contribution in [-0.2, 0) is 19.6 Å². The summed E-state index contributed by atoms with van der Waals surface area (Å²) in [6.07, 6.45) is -3.61. The maximum Gasteiger partial charge on any atom is 0.416 e. The maximum absolute atomic E-state index is 12.9. The van der Waals surface area contributed by atoms with Gasteiger partial charge in [-0.15, -0.1) is 0 Å². The van der Waals surface area contributed by atoms with Gasteiger partial charge in [0.2, 0.25) is 0 Å². The third-order valence-corrected chi connectivity index (χ3v) is 4.92. The molecule has 0 aliphatic carbocycles. The quantitative estimate of drug-likeness (QED) is 0.393. The first-order chi connectivity index (χ1) is 12.9. The number of aryl methyl sites for hydroxylation is 1. The zero-order chi connectivity index (χ0) is 19.0. The molecular weight excluding hydrogens is 347 g/mol. The van der Waals surface area contributed by atoms with Crippen molar-refractivity contribution in [1.29, 1.82) is 0 Å². The van der Waals surface area contributed by atoms with E-state index in [0.717, 1.165) is 46.3 Å². The summed E-state index contributed by atoms with van der Waals surface area (Å²) in [5.74, 6) is 0. The summed E-state index contributed by atoms with van der Waals surface area (Å²) in [5, 5.41) is 1.12. The fraction of sp³-hybridized carbons (Fsp3) is 0.130. The zero-order valence-corrected chi connectivity index (χ0v) is 14.8. The minimum Gasteiger partial charge on any atom is -0.343 e. The second kappa shape index (κ2) is 6.62. The number of fused-ring (bicyclic) bond motifs is 1. The molecule has 0 spiro atoms. The largest absolute Gasteiger partial charge is 0.416 e. The molecule has 0 unspecified atom stereocenters. The lowest BCUT2D eigenvalue weighted by Gasteiger charge is -2.11. The molecule has 0 aliphatic rings. The van der Waals surface area contributed by atoms with Gasteiger partial charge in [-0.2, -0.15) is 13.2 Å². The molecule has 0 amide bonds. The SMILES string of the molecule is Cn1c(-c2ccc(C(F)(F)F)cc2)c(Cc2ccccc2)c2ccccc21. The third kappa shape index (κ3) is 3.23. The van der Waals surface area contributed by atoms with Gasteiger partial charge in [-0.1, -0.05) is 60.7 Å². The molecule has 0 fully saturated rings. The number of para-hydroxylation sites is 1. The van der Waals surface area contributed by atoms with Crippen molar-refractivity contribution in [2.24, 2.45) is 7.05 Å². The van der Waals surface area contributed by atoms with Crippen LogP contribution in [0.5, 0.6) is 0 Å². The van der Waals surface area contributed by atoms with E-state index in [9.17, 15) is 13.2 Å². The van der Waals surface area contributed by atoms with Crippen LogP contribution in [0.15, 0.2) is 78.9 Å². The number of benzene rings is 3. The molecule has 0 saturated heterocycles.